The number of nitrogens with two attached hydrogens (primary N) is 1. The smallest absolute Gasteiger partial charge is 0.173 e. The number of methoxy groups -OCH3 is 3. The number of rotatable bonds is 9. The van der Waals surface area contributed by atoms with E-state index < -0.39 is 23.5 Å². The third kappa shape index (κ3) is 5.00. The summed E-state index contributed by atoms with van der Waals surface area (Å²) in [5, 5.41) is 0.414. The lowest BCUT2D eigenvalue weighted by Crippen LogP contribution is -2.17. The highest BCUT2D eigenvalue weighted by Gasteiger charge is 2.22. The van der Waals surface area contributed by atoms with Gasteiger partial charge in [-0.1, -0.05) is 23.9 Å². The Labute approximate surface area is 210 Å². The summed E-state index contributed by atoms with van der Waals surface area (Å²) in [6.07, 6.45) is 1.58. The quantitative estimate of drug-likeness (QED) is 0.290. The fourth-order valence-corrected chi connectivity index (χ4v) is 4.76. The van der Waals surface area contributed by atoms with Gasteiger partial charge in [-0.15, -0.1) is 0 Å². The third-order valence-electron chi connectivity index (χ3n) is 5.64. The predicted octanol–water partition coefficient (Wildman–Crippen LogP) is 5.66. The van der Waals surface area contributed by atoms with E-state index in [9.17, 15) is 13.2 Å². The van der Waals surface area contributed by atoms with Gasteiger partial charge in [0.2, 0.25) is 0 Å². The van der Waals surface area contributed by atoms with E-state index in [0.29, 0.717) is 33.6 Å². The minimum atomic E-state index is -0.673. The van der Waals surface area contributed by atoms with Gasteiger partial charge in [-0.05, 0) is 42.0 Å². The molecule has 4 rings (SSSR count). The summed E-state index contributed by atoms with van der Waals surface area (Å²) in [6, 6.07) is 12.7. The molecule has 0 saturated heterocycles. The normalized spacial score (nSPS) is 11.9. The van der Waals surface area contributed by atoms with E-state index >= 15 is 0 Å². The lowest BCUT2D eigenvalue weighted by atomic mass is 10.0. The summed E-state index contributed by atoms with van der Waals surface area (Å²) in [6.45, 7) is 0. The van der Waals surface area contributed by atoms with Gasteiger partial charge < -0.3 is 19.9 Å². The zero-order chi connectivity index (χ0) is 25.8. The molecule has 2 N–H and O–H groups in total. The van der Waals surface area contributed by atoms with Crippen LogP contribution in [0.25, 0.3) is 5.69 Å². The first kappa shape index (κ1) is 25.5. The van der Waals surface area contributed by atoms with Crippen LogP contribution in [0.2, 0.25) is 0 Å². The van der Waals surface area contributed by atoms with Crippen molar-refractivity contribution < 1.29 is 27.4 Å². The van der Waals surface area contributed by atoms with Gasteiger partial charge in [0.05, 0.1) is 44.9 Å². The second-order valence-corrected chi connectivity index (χ2v) is 8.64. The highest BCUT2D eigenvalue weighted by molar-refractivity contribution is 7.98. The summed E-state index contributed by atoms with van der Waals surface area (Å²) >= 11 is 1.13. The first-order valence-corrected chi connectivity index (χ1v) is 11.8. The maximum atomic E-state index is 14.2. The number of ether oxygens (including phenoxy) is 3. The number of hydrogen-bond acceptors (Lipinski definition) is 6. The standard InChI is InChI=1S/C26H24F3N3O3S/c1-33-22-10-7-15(11-24(22)35-3)25(30)21-13-31-26(36-14-17-18(27)5-4-6-19(17)28)32(21)16-8-9-20(29)23(12-16)34-2/h4-13,25H,14,30H2,1-3H3. The molecule has 36 heavy (non-hydrogen) atoms. The van der Waals surface area contributed by atoms with Gasteiger partial charge in [0, 0.05) is 17.4 Å². The molecule has 6 nitrogen and oxygen atoms in total. The van der Waals surface area contributed by atoms with E-state index in [0.717, 1.165) is 11.8 Å². The summed E-state index contributed by atoms with van der Waals surface area (Å²) < 4.78 is 60.2. The van der Waals surface area contributed by atoms with Gasteiger partial charge in [-0.3, -0.25) is 4.57 Å². The van der Waals surface area contributed by atoms with Gasteiger partial charge in [-0.25, -0.2) is 18.2 Å². The van der Waals surface area contributed by atoms with Crippen LogP contribution in [-0.2, 0) is 5.75 Å². The minimum Gasteiger partial charge on any atom is -0.494 e. The zero-order valence-corrected chi connectivity index (χ0v) is 20.6. The molecule has 0 amide bonds. The van der Waals surface area contributed by atoms with Crippen LogP contribution < -0.4 is 19.9 Å². The number of thioether (sulfide) groups is 1. The first-order valence-electron chi connectivity index (χ1n) is 10.8. The Balaban J connectivity index is 1.79. The largest absolute Gasteiger partial charge is 0.494 e. The van der Waals surface area contributed by atoms with Gasteiger partial charge >= 0.3 is 0 Å². The molecule has 0 aliphatic rings. The van der Waals surface area contributed by atoms with Crippen LogP contribution in [0.4, 0.5) is 13.2 Å². The third-order valence-corrected chi connectivity index (χ3v) is 6.62. The predicted molar refractivity (Wildman–Crippen MR) is 132 cm³/mol. The zero-order valence-electron chi connectivity index (χ0n) is 19.8. The molecule has 0 fully saturated rings. The maximum absolute atomic E-state index is 14.2. The fraction of sp³-hybridized carbons (Fsp3) is 0.192. The van der Waals surface area contributed by atoms with Crippen LogP contribution in [0, 0.1) is 17.5 Å². The van der Waals surface area contributed by atoms with E-state index in [-0.39, 0.29) is 17.1 Å². The summed E-state index contributed by atoms with van der Waals surface area (Å²) in [4.78, 5) is 4.48. The van der Waals surface area contributed by atoms with Crippen molar-refractivity contribution in [2.75, 3.05) is 21.3 Å². The van der Waals surface area contributed by atoms with E-state index in [4.69, 9.17) is 19.9 Å². The first-order chi connectivity index (χ1) is 17.4. The Kier molecular flexibility index (Phi) is 7.76. The Hall–Kier alpha value is -3.63. The molecule has 0 spiro atoms. The topological polar surface area (TPSA) is 71.5 Å². The van der Waals surface area contributed by atoms with Gasteiger partial charge in [0.25, 0.3) is 0 Å². The highest BCUT2D eigenvalue weighted by atomic mass is 32.2. The summed E-state index contributed by atoms with van der Waals surface area (Å²) in [7, 11) is 4.43. The summed E-state index contributed by atoms with van der Waals surface area (Å²) in [5.41, 5.74) is 8.37. The molecule has 10 heteroatoms. The average molecular weight is 516 g/mol. The second-order valence-electron chi connectivity index (χ2n) is 7.70. The molecule has 1 heterocycles. The lowest BCUT2D eigenvalue weighted by Gasteiger charge is -2.19. The molecule has 1 atom stereocenters. The van der Waals surface area contributed by atoms with Crippen LogP contribution in [0.5, 0.6) is 17.2 Å². The van der Waals surface area contributed by atoms with Gasteiger partial charge in [-0.2, -0.15) is 0 Å². The number of imidazole rings is 1. The second kappa shape index (κ2) is 11.0. The Bertz CT molecular complexity index is 1360. The number of hydrogen-bond donors (Lipinski definition) is 1. The molecule has 3 aromatic carbocycles. The molecule has 4 aromatic rings. The molecule has 188 valence electrons. The lowest BCUT2D eigenvalue weighted by molar-refractivity contribution is 0.354. The van der Waals surface area contributed by atoms with Crippen LogP contribution in [-0.4, -0.2) is 30.9 Å². The molecule has 1 aromatic heterocycles. The minimum absolute atomic E-state index is 0.0150. The van der Waals surface area contributed by atoms with E-state index in [1.54, 1.807) is 35.0 Å². The molecule has 0 aliphatic carbocycles. The van der Waals surface area contributed by atoms with Crippen LogP contribution in [0.15, 0.2) is 66.0 Å². The van der Waals surface area contributed by atoms with Crippen LogP contribution in [0.1, 0.15) is 22.9 Å². The molecule has 0 aliphatic heterocycles. The molecular weight excluding hydrogens is 491 g/mol. The molecule has 0 bridgehead atoms. The molecular formula is C26H24F3N3O3S. The highest BCUT2D eigenvalue weighted by Crippen LogP contribution is 2.35. The Morgan fingerprint density at radius 1 is 0.861 bits per heavy atom. The molecule has 0 radical (unpaired) electrons. The van der Waals surface area contributed by atoms with Crippen molar-refractivity contribution in [2.45, 2.75) is 17.0 Å². The number of benzene rings is 3. The SMILES string of the molecule is COc1cc(-n2c(C(N)c3ccc(OC)c(OC)c3)cnc2SCc2c(F)cccc2F)ccc1F. The molecule has 0 saturated carbocycles. The van der Waals surface area contributed by atoms with Crippen molar-refractivity contribution in [3.05, 3.63) is 95.1 Å². The average Bonchev–Trinajstić information content (AvgIpc) is 3.31. The number of nitrogens with zero attached hydrogens (tertiary/aromatic N) is 2. The van der Waals surface area contributed by atoms with Crippen molar-refractivity contribution >= 4 is 11.8 Å². The van der Waals surface area contributed by atoms with Crippen LogP contribution in [0.3, 0.4) is 0 Å². The monoisotopic (exact) mass is 515 g/mol. The van der Waals surface area contributed by atoms with Crippen molar-refractivity contribution in [3.63, 3.8) is 0 Å². The number of halogens is 3. The fourth-order valence-electron chi connectivity index (χ4n) is 3.74. The van der Waals surface area contributed by atoms with E-state index in [2.05, 4.69) is 4.98 Å². The Morgan fingerprint density at radius 2 is 1.56 bits per heavy atom. The van der Waals surface area contributed by atoms with Crippen molar-refractivity contribution in [2.24, 2.45) is 5.73 Å². The van der Waals surface area contributed by atoms with Gasteiger partial charge in [0.15, 0.2) is 28.2 Å². The van der Waals surface area contributed by atoms with E-state index in [1.165, 1.54) is 51.7 Å². The number of aromatic nitrogens is 2. The Morgan fingerprint density at radius 3 is 2.22 bits per heavy atom. The van der Waals surface area contributed by atoms with Crippen molar-refractivity contribution in [1.29, 1.82) is 0 Å². The maximum Gasteiger partial charge on any atom is 0.173 e. The van der Waals surface area contributed by atoms with E-state index in [1.807, 2.05) is 0 Å². The van der Waals surface area contributed by atoms with Crippen molar-refractivity contribution in [1.82, 2.24) is 9.55 Å². The van der Waals surface area contributed by atoms with Crippen molar-refractivity contribution in [3.8, 4) is 22.9 Å². The van der Waals surface area contributed by atoms with Crippen LogP contribution >= 0.6 is 11.8 Å². The summed E-state index contributed by atoms with van der Waals surface area (Å²) in [5.74, 6) is -0.757. The van der Waals surface area contributed by atoms with Gasteiger partial charge in [0.1, 0.15) is 11.6 Å². The molecule has 1 unspecified atom stereocenters.